The summed E-state index contributed by atoms with van der Waals surface area (Å²) in [6.07, 6.45) is 2.17. The molecule has 0 saturated carbocycles. The molecule has 0 radical (unpaired) electrons. The number of nitrogens with two attached hydrogens (primary N) is 1. The normalized spacial score (nSPS) is 21.6. The molecule has 0 aliphatic carbocycles. The van der Waals surface area contributed by atoms with Crippen molar-refractivity contribution in [3.8, 4) is 6.07 Å². The predicted molar refractivity (Wildman–Crippen MR) is 47.7 cm³/mol. The Balaban J connectivity index is 2.34. The molecule has 1 aliphatic heterocycles. The van der Waals surface area contributed by atoms with Crippen molar-refractivity contribution >= 4 is 5.82 Å². The van der Waals surface area contributed by atoms with E-state index in [-0.39, 0.29) is 6.04 Å². The molecule has 0 unspecified atom stereocenters. The summed E-state index contributed by atoms with van der Waals surface area (Å²) in [4.78, 5) is 0. The van der Waals surface area contributed by atoms with Gasteiger partial charge >= 0.3 is 0 Å². The summed E-state index contributed by atoms with van der Waals surface area (Å²) in [5.41, 5.74) is 6.84. The van der Waals surface area contributed by atoms with Crippen LogP contribution < -0.4 is 11.1 Å². The SMILES string of the molecule is N#Cc1c(N)n[nH]c1[C@@H]1CCCN1. The number of rotatable bonds is 1. The van der Waals surface area contributed by atoms with Crippen LogP contribution in [-0.4, -0.2) is 16.7 Å². The maximum atomic E-state index is 8.83. The Hall–Kier alpha value is -1.54. The summed E-state index contributed by atoms with van der Waals surface area (Å²) < 4.78 is 0. The molecule has 1 atom stereocenters. The van der Waals surface area contributed by atoms with Gasteiger partial charge < -0.3 is 11.1 Å². The minimum atomic E-state index is 0.222. The molecule has 13 heavy (non-hydrogen) atoms. The van der Waals surface area contributed by atoms with E-state index in [2.05, 4.69) is 21.6 Å². The molecule has 68 valence electrons. The fourth-order valence-electron chi connectivity index (χ4n) is 1.67. The third-order valence-electron chi connectivity index (χ3n) is 2.34. The van der Waals surface area contributed by atoms with Crippen LogP contribution in [0, 0.1) is 11.3 Å². The fourth-order valence-corrected chi connectivity index (χ4v) is 1.67. The quantitative estimate of drug-likeness (QED) is 0.575. The lowest BCUT2D eigenvalue weighted by Crippen LogP contribution is -2.14. The summed E-state index contributed by atoms with van der Waals surface area (Å²) in [6, 6.07) is 2.28. The van der Waals surface area contributed by atoms with Gasteiger partial charge in [-0.1, -0.05) is 0 Å². The molecule has 1 aromatic heterocycles. The summed E-state index contributed by atoms with van der Waals surface area (Å²) in [5, 5.41) is 18.7. The minimum absolute atomic E-state index is 0.222. The molecule has 0 amide bonds. The third kappa shape index (κ3) is 1.25. The third-order valence-corrected chi connectivity index (χ3v) is 2.34. The van der Waals surface area contributed by atoms with Crippen LogP contribution in [0.3, 0.4) is 0 Å². The van der Waals surface area contributed by atoms with Crippen molar-refractivity contribution in [2.24, 2.45) is 0 Å². The van der Waals surface area contributed by atoms with Crippen LogP contribution in [0.25, 0.3) is 0 Å². The Bertz CT molecular complexity index is 342. The number of hydrogen-bond acceptors (Lipinski definition) is 4. The highest BCUT2D eigenvalue weighted by molar-refractivity contribution is 5.51. The number of nitriles is 1. The molecule has 0 bridgehead atoms. The highest BCUT2D eigenvalue weighted by Crippen LogP contribution is 2.25. The second-order valence-corrected chi connectivity index (χ2v) is 3.16. The number of H-pyrrole nitrogens is 1. The lowest BCUT2D eigenvalue weighted by Gasteiger charge is -2.06. The molecule has 1 saturated heterocycles. The molecular formula is C8H11N5. The van der Waals surface area contributed by atoms with Crippen molar-refractivity contribution in [3.05, 3.63) is 11.3 Å². The van der Waals surface area contributed by atoms with E-state index < -0.39 is 0 Å². The van der Waals surface area contributed by atoms with Crippen LogP contribution >= 0.6 is 0 Å². The summed E-state index contributed by atoms with van der Waals surface area (Å²) in [7, 11) is 0. The molecule has 4 N–H and O–H groups in total. The average Bonchev–Trinajstić information content (AvgIpc) is 2.71. The maximum absolute atomic E-state index is 8.83. The van der Waals surface area contributed by atoms with Crippen LogP contribution in [0.4, 0.5) is 5.82 Å². The van der Waals surface area contributed by atoms with E-state index in [0.717, 1.165) is 25.1 Å². The zero-order valence-corrected chi connectivity index (χ0v) is 7.17. The van der Waals surface area contributed by atoms with E-state index in [1.165, 1.54) is 0 Å². The standard InChI is InChI=1S/C8H11N5/c9-4-5-7(12-13-8(5)10)6-2-1-3-11-6/h6,11H,1-3H2,(H3,10,12,13)/t6-/m0/s1. The van der Waals surface area contributed by atoms with E-state index in [0.29, 0.717) is 11.4 Å². The Morgan fingerprint density at radius 1 is 1.62 bits per heavy atom. The van der Waals surface area contributed by atoms with E-state index >= 15 is 0 Å². The molecule has 1 fully saturated rings. The van der Waals surface area contributed by atoms with Gasteiger partial charge in [0.15, 0.2) is 5.82 Å². The number of nitrogen functional groups attached to an aromatic ring is 1. The Morgan fingerprint density at radius 2 is 2.46 bits per heavy atom. The van der Waals surface area contributed by atoms with Gasteiger partial charge in [-0.15, -0.1) is 0 Å². The van der Waals surface area contributed by atoms with Gasteiger partial charge in [0.2, 0.25) is 0 Å². The molecule has 0 aromatic carbocycles. The molecule has 5 heteroatoms. The van der Waals surface area contributed by atoms with Crippen molar-refractivity contribution in [1.29, 1.82) is 5.26 Å². The molecule has 2 heterocycles. The van der Waals surface area contributed by atoms with E-state index in [4.69, 9.17) is 11.0 Å². The van der Waals surface area contributed by atoms with Crippen LogP contribution in [0.5, 0.6) is 0 Å². The maximum Gasteiger partial charge on any atom is 0.163 e. The van der Waals surface area contributed by atoms with Gasteiger partial charge in [-0.25, -0.2) is 0 Å². The minimum Gasteiger partial charge on any atom is -0.381 e. The zero-order valence-electron chi connectivity index (χ0n) is 7.17. The lowest BCUT2D eigenvalue weighted by molar-refractivity contribution is 0.624. The van der Waals surface area contributed by atoms with Crippen molar-refractivity contribution in [2.45, 2.75) is 18.9 Å². The second kappa shape index (κ2) is 3.07. The van der Waals surface area contributed by atoms with Crippen LogP contribution in [0.15, 0.2) is 0 Å². The number of nitrogens with one attached hydrogen (secondary N) is 2. The Morgan fingerprint density at radius 3 is 3.08 bits per heavy atom. The van der Waals surface area contributed by atoms with Gasteiger partial charge in [0.25, 0.3) is 0 Å². The van der Waals surface area contributed by atoms with Crippen molar-refractivity contribution in [3.63, 3.8) is 0 Å². The van der Waals surface area contributed by atoms with E-state index in [9.17, 15) is 0 Å². The fraction of sp³-hybridized carbons (Fsp3) is 0.500. The number of nitrogens with zero attached hydrogens (tertiary/aromatic N) is 2. The molecule has 5 nitrogen and oxygen atoms in total. The van der Waals surface area contributed by atoms with Gasteiger partial charge in [-0.3, -0.25) is 5.10 Å². The summed E-state index contributed by atoms with van der Waals surface area (Å²) >= 11 is 0. The van der Waals surface area contributed by atoms with E-state index in [1.54, 1.807) is 0 Å². The summed E-state index contributed by atoms with van der Waals surface area (Å²) in [6.45, 7) is 0.995. The largest absolute Gasteiger partial charge is 0.381 e. The highest BCUT2D eigenvalue weighted by atomic mass is 15.2. The lowest BCUT2D eigenvalue weighted by atomic mass is 10.1. The van der Waals surface area contributed by atoms with Gasteiger partial charge in [-0.05, 0) is 19.4 Å². The average molecular weight is 177 g/mol. The van der Waals surface area contributed by atoms with Gasteiger partial charge in [-0.2, -0.15) is 10.4 Å². The first-order valence-corrected chi connectivity index (χ1v) is 4.30. The highest BCUT2D eigenvalue weighted by Gasteiger charge is 2.22. The van der Waals surface area contributed by atoms with Crippen LogP contribution in [-0.2, 0) is 0 Å². The number of hydrogen-bond donors (Lipinski definition) is 3. The first-order chi connectivity index (χ1) is 6.33. The number of aromatic nitrogens is 2. The molecule has 1 aliphatic rings. The number of aromatic amines is 1. The van der Waals surface area contributed by atoms with Crippen molar-refractivity contribution < 1.29 is 0 Å². The van der Waals surface area contributed by atoms with Crippen molar-refractivity contribution in [2.75, 3.05) is 12.3 Å². The Kier molecular flexibility index (Phi) is 1.91. The first kappa shape index (κ1) is 8.08. The number of anilines is 1. The second-order valence-electron chi connectivity index (χ2n) is 3.16. The van der Waals surface area contributed by atoms with Crippen molar-refractivity contribution in [1.82, 2.24) is 15.5 Å². The Labute approximate surface area is 75.9 Å². The monoisotopic (exact) mass is 177 g/mol. The van der Waals surface area contributed by atoms with Gasteiger partial charge in [0, 0.05) is 0 Å². The topological polar surface area (TPSA) is 90.5 Å². The van der Waals surface area contributed by atoms with Crippen LogP contribution in [0.1, 0.15) is 30.1 Å². The molecular weight excluding hydrogens is 166 g/mol. The first-order valence-electron chi connectivity index (χ1n) is 4.30. The summed E-state index contributed by atoms with van der Waals surface area (Å²) in [5.74, 6) is 0.297. The van der Waals surface area contributed by atoms with Gasteiger partial charge in [0.1, 0.15) is 11.6 Å². The molecule has 1 aromatic rings. The predicted octanol–water partition coefficient (Wildman–Crippen LogP) is 0.288. The molecule has 2 rings (SSSR count). The van der Waals surface area contributed by atoms with Gasteiger partial charge in [0.05, 0.1) is 11.7 Å². The molecule has 0 spiro atoms. The smallest absolute Gasteiger partial charge is 0.163 e. The zero-order chi connectivity index (χ0) is 9.26. The van der Waals surface area contributed by atoms with Crippen LogP contribution in [0.2, 0.25) is 0 Å². The van der Waals surface area contributed by atoms with E-state index in [1.807, 2.05) is 0 Å².